The fourth-order valence-corrected chi connectivity index (χ4v) is 3.69. The zero-order valence-corrected chi connectivity index (χ0v) is 15.6. The minimum absolute atomic E-state index is 0.0164. The molecule has 1 aliphatic rings. The van der Waals surface area contributed by atoms with Gasteiger partial charge in [0.05, 0.1) is 12.0 Å². The molecule has 0 unspecified atom stereocenters. The van der Waals surface area contributed by atoms with E-state index in [2.05, 4.69) is 20.0 Å². The number of allylic oxidation sites excluding steroid dienone is 1. The summed E-state index contributed by atoms with van der Waals surface area (Å²) >= 11 is 0. The number of benzene rings is 1. The Morgan fingerprint density at radius 2 is 1.78 bits per heavy atom. The summed E-state index contributed by atoms with van der Waals surface area (Å²) in [4.78, 5) is 19.7. The Kier molecular flexibility index (Phi) is 5.70. The number of rotatable bonds is 6. The topological polar surface area (TPSA) is 110 Å². The van der Waals surface area contributed by atoms with Gasteiger partial charge in [0.15, 0.2) is 5.78 Å². The quantitative estimate of drug-likeness (QED) is 0.732. The van der Waals surface area contributed by atoms with Crippen LogP contribution in [-0.2, 0) is 14.8 Å². The lowest BCUT2D eigenvalue weighted by Gasteiger charge is -2.13. The van der Waals surface area contributed by atoms with Gasteiger partial charge in [0.25, 0.3) is 15.9 Å². The van der Waals surface area contributed by atoms with E-state index in [1.54, 1.807) is 18.3 Å². The highest BCUT2D eigenvalue weighted by Crippen LogP contribution is 2.23. The van der Waals surface area contributed by atoms with Crippen molar-refractivity contribution in [1.29, 1.82) is 0 Å². The van der Waals surface area contributed by atoms with Gasteiger partial charge >= 0.3 is 0 Å². The predicted octanol–water partition coefficient (Wildman–Crippen LogP) is 2.72. The Labute approximate surface area is 157 Å². The van der Waals surface area contributed by atoms with Crippen molar-refractivity contribution in [2.24, 2.45) is 0 Å². The lowest BCUT2D eigenvalue weighted by molar-refractivity contribution is -0.116. The third kappa shape index (κ3) is 4.62. The molecule has 0 radical (unpaired) electrons. The van der Waals surface area contributed by atoms with Crippen molar-refractivity contribution in [3.8, 4) is 5.88 Å². The van der Waals surface area contributed by atoms with Gasteiger partial charge in [-0.3, -0.25) is 9.52 Å². The van der Waals surface area contributed by atoms with E-state index in [0.29, 0.717) is 12.1 Å². The molecule has 2 N–H and O–H groups in total. The third-order valence-corrected chi connectivity index (χ3v) is 5.48. The Balaban J connectivity index is 1.72. The van der Waals surface area contributed by atoms with Gasteiger partial charge in [0, 0.05) is 36.3 Å². The molecule has 1 aromatic carbocycles. The van der Waals surface area contributed by atoms with Crippen molar-refractivity contribution in [3.63, 3.8) is 0 Å². The highest BCUT2D eigenvalue weighted by atomic mass is 32.2. The molecule has 0 amide bonds. The van der Waals surface area contributed by atoms with Crippen LogP contribution in [0, 0.1) is 0 Å². The number of nitrogens with zero attached hydrogens (tertiary/aromatic N) is 2. The molecule has 1 aromatic heterocycles. The third-order valence-electron chi connectivity index (χ3n) is 4.12. The Bertz CT molecular complexity index is 956. The first-order chi connectivity index (χ1) is 13.0. The molecular formula is C18H20N4O4S. The smallest absolute Gasteiger partial charge is 0.263 e. The number of aromatic nitrogens is 2. The number of carbonyl (C=O) groups excluding carboxylic acids is 1. The van der Waals surface area contributed by atoms with E-state index in [1.165, 1.54) is 31.6 Å². The normalized spacial score (nSPS) is 16.2. The van der Waals surface area contributed by atoms with Crippen LogP contribution in [-0.4, -0.2) is 31.3 Å². The molecule has 1 heterocycles. The van der Waals surface area contributed by atoms with Crippen molar-refractivity contribution in [3.05, 3.63) is 48.4 Å². The fraction of sp³-hybridized carbons (Fsp3) is 0.278. The average molecular weight is 388 g/mol. The molecular weight excluding hydrogens is 368 g/mol. The van der Waals surface area contributed by atoms with E-state index in [0.717, 1.165) is 24.8 Å². The summed E-state index contributed by atoms with van der Waals surface area (Å²) < 4.78 is 32.4. The molecule has 1 saturated carbocycles. The number of carbonyl (C=O) groups is 1. The second-order valence-electron chi connectivity index (χ2n) is 5.99. The highest BCUT2D eigenvalue weighted by molar-refractivity contribution is 7.92. The van der Waals surface area contributed by atoms with E-state index in [-0.39, 0.29) is 22.4 Å². The van der Waals surface area contributed by atoms with Crippen molar-refractivity contribution in [2.75, 3.05) is 17.1 Å². The minimum Gasteiger partial charge on any atom is -0.478 e. The van der Waals surface area contributed by atoms with Gasteiger partial charge in [-0.2, -0.15) is 0 Å². The number of ketones is 1. The van der Waals surface area contributed by atoms with Crippen LogP contribution in [0.2, 0.25) is 0 Å². The van der Waals surface area contributed by atoms with Crippen LogP contribution in [0.5, 0.6) is 5.88 Å². The van der Waals surface area contributed by atoms with Crippen LogP contribution in [0.1, 0.15) is 25.7 Å². The molecule has 27 heavy (non-hydrogen) atoms. The maximum atomic E-state index is 12.5. The van der Waals surface area contributed by atoms with Crippen LogP contribution in [0.4, 0.5) is 11.5 Å². The number of sulfonamides is 1. The van der Waals surface area contributed by atoms with E-state index in [9.17, 15) is 13.2 Å². The molecule has 1 fully saturated rings. The maximum absolute atomic E-state index is 12.5. The monoisotopic (exact) mass is 388 g/mol. The van der Waals surface area contributed by atoms with Crippen molar-refractivity contribution >= 4 is 27.3 Å². The first-order valence-electron chi connectivity index (χ1n) is 8.46. The first-order valence-corrected chi connectivity index (χ1v) is 9.94. The van der Waals surface area contributed by atoms with Gasteiger partial charge < -0.3 is 10.1 Å². The Morgan fingerprint density at radius 3 is 2.48 bits per heavy atom. The summed E-state index contributed by atoms with van der Waals surface area (Å²) in [6.07, 6.45) is 7.77. The van der Waals surface area contributed by atoms with Crippen molar-refractivity contribution in [1.82, 2.24) is 9.97 Å². The second-order valence-corrected chi connectivity index (χ2v) is 7.67. The number of hydrogen-bond donors (Lipinski definition) is 2. The van der Waals surface area contributed by atoms with Gasteiger partial charge in [-0.15, -0.1) is 0 Å². The molecule has 0 aliphatic heterocycles. The van der Waals surface area contributed by atoms with Gasteiger partial charge in [0.1, 0.15) is 0 Å². The van der Waals surface area contributed by atoms with E-state index >= 15 is 0 Å². The highest BCUT2D eigenvalue weighted by Gasteiger charge is 2.18. The molecule has 0 atom stereocenters. The minimum atomic E-state index is -3.84. The Morgan fingerprint density at radius 1 is 1.07 bits per heavy atom. The zero-order chi connectivity index (χ0) is 19.3. The second kappa shape index (κ2) is 8.17. The van der Waals surface area contributed by atoms with Gasteiger partial charge in [-0.25, -0.2) is 18.4 Å². The summed E-state index contributed by atoms with van der Waals surface area (Å²) in [5.74, 6) is 0.265. The Hall–Kier alpha value is -2.94. The maximum Gasteiger partial charge on any atom is 0.263 e. The number of hydrogen-bond acceptors (Lipinski definition) is 7. The summed E-state index contributed by atoms with van der Waals surface area (Å²) in [5, 5.41) is 3.05. The number of ether oxygens (including phenoxy) is 1. The molecule has 0 spiro atoms. The van der Waals surface area contributed by atoms with Crippen LogP contribution in [0.15, 0.2) is 53.3 Å². The molecule has 3 rings (SSSR count). The predicted molar refractivity (Wildman–Crippen MR) is 101 cm³/mol. The van der Waals surface area contributed by atoms with E-state index < -0.39 is 10.0 Å². The number of nitrogens with one attached hydrogen (secondary N) is 2. The summed E-state index contributed by atoms with van der Waals surface area (Å²) in [6, 6.07) is 6.20. The van der Waals surface area contributed by atoms with E-state index in [4.69, 9.17) is 4.74 Å². The standard InChI is InChI=1S/C18H20N4O4S/c1-26-18-17(19-10-11-20-18)22-27(24,25)15-8-6-14(7-9-15)21-12-13-4-2-3-5-16(13)23/h6-12,21H,2-5H2,1H3,(H,19,22)/b13-12+. The molecule has 0 bridgehead atoms. The zero-order valence-electron chi connectivity index (χ0n) is 14.8. The molecule has 2 aromatic rings. The molecule has 8 nitrogen and oxygen atoms in total. The summed E-state index contributed by atoms with van der Waals surface area (Å²) in [6.45, 7) is 0. The summed E-state index contributed by atoms with van der Waals surface area (Å²) in [5.41, 5.74) is 1.46. The fourth-order valence-electron chi connectivity index (χ4n) is 2.69. The van der Waals surface area contributed by atoms with Gasteiger partial charge in [-0.1, -0.05) is 0 Å². The van der Waals surface area contributed by atoms with Crippen LogP contribution < -0.4 is 14.8 Å². The summed E-state index contributed by atoms with van der Waals surface area (Å²) in [7, 11) is -2.45. The molecule has 9 heteroatoms. The van der Waals surface area contributed by atoms with Crippen LogP contribution in [0.3, 0.4) is 0 Å². The first kappa shape index (κ1) is 18.8. The lowest BCUT2D eigenvalue weighted by atomic mass is 9.94. The van der Waals surface area contributed by atoms with Crippen LogP contribution in [0.25, 0.3) is 0 Å². The lowest BCUT2D eigenvalue weighted by Crippen LogP contribution is -2.15. The van der Waals surface area contributed by atoms with E-state index in [1.807, 2.05) is 0 Å². The van der Waals surface area contributed by atoms with Gasteiger partial charge in [0.2, 0.25) is 5.82 Å². The number of Topliss-reactive ketones (excluding diaryl/α,β-unsaturated/α-hetero) is 1. The van der Waals surface area contributed by atoms with Crippen molar-refractivity contribution in [2.45, 2.75) is 30.6 Å². The molecule has 1 aliphatic carbocycles. The number of methoxy groups -OCH3 is 1. The average Bonchev–Trinajstić information content (AvgIpc) is 2.68. The molecule has 142 valence electrons. The van der Waals surface area contributed by atoms with Crippen LogP contribution >= 0.6 is 0 Å². The van der Waals surface area contributed by atoms with Crippen molar-refractivity contribution < 1.29 is 17.9 Å². The SMILES string of the molecule is COc1nccnc1NS(=O)(=O)c1ccc(N/C=C2\CCCCC2=O)cc1. The molecule has 0 saturated heterocycles. The van der Waals surface area contributed by atoms with Gasteiger partial charge in [-0.05, 0) is 43.5 Å². The number of anilines is 2. The largest absolute Gasteiger partial charge is 0.478 e.